The normalized spacial score (nSPS) is 14.2. The maximum atomic E-state index is 12.8. The van der Waals surface area contributed by atoms with Crippen LogP contribution in [0.25, 0.3) is 18.8 Å². The van der Waals surface area contributed by atoms with E-state index in [1.807, 2.05) is 22.9 Å². The van der Waals surface area contributed by atoms with Gasteiger partial charge in [0.1, 0.15) is 0 Å². The Morgan fingerprint density at radius 1 is 0.700 bits per heavy atom. The van der Waals surface area contributed by atoms with E-state index < -0.39 is 0 Å². The minimum Gasteiger partial charge on any atom is -0.288 e. The topological polar surface area (TPSA) is 34.1 Å². The summed E-state index contributed by atoms with van der Waals surface area (Å²) in [6.45, 7) is 0. The van der Waals surface area contributed by atoms with Crippen LogP contribution in [0, 0.1) is 0 Å². The molecule has 0 aromatic carbocycles. The summed E-state index contributed by atoms with van der Waals surface area (Å²) in [6, 6.07) is 3.97. The van der Waals surface area contributed by atoms with Gasteiger partial charge < -0.3 is 0 Å². The Kier molecular flexibility index (Phi) is 2.07. The van der Waals surface area contributed by atoms with Crippen LogP contribution in [0.5, 0.6) is 0 Å². The van der Waals surface area contributed by atoms with Crippen molar-refractivity contribution < 1.29 is 9.59 Å². The molecule has 0 radical (unpaired) electrons. The molecule has 1 aliphatic carbocycles. The molecule has 4 aromatic heterocycles. The van der Waals surface area contributed by atoms with Crippen molar-refractivity contribution >= 4 is 75.7 Å². The van der Waals surface area contributed by atoms with Crippen LogP contribution in [0.15, 0.2) is 22.9 Å². The first kappa shape index (κ1) is 11.3. The predicted octanol–water partition coefficient (Wildman–Crippen LogP) is 5.01. The fourth-order valence-corrected chi connectivity index (χ4v) is 7.21. The summed E-state index contributed by atoms with van der Waals surface area (Å²) in [5.74, 6) is 0.0494. The molecule has 2 nitrogen and oxygen atoms in total. The fourth-order valence-electron chi connectivity index (χ4n) is 2.61. The van der Waals surface area contributed by atoms with Crippen molar-refractivity contribution in [3.8, 4) is 0 Å². The molecule has 4 heterocycles. The highest BCUT2D eigenvalue weighted by Gasteiger charge is 2.37. The molecular weight excluding hydrogens is 328 g/mol. The van der Waals surface area contributed by atoms with Crippen molar-refractivity contribution in [3.05, 3.63) is 43.8 Å². The third kappa shape index (κ3) is 1.19. The third-order valence-electron chi connectivity index (χ3n) is 3.46. The number of ketones is 2. The lowest BCUT2D eigenvalue weighted by Crippen LogP contribution is -2.16. The maximum absolute atomic E-state index is 12.8. The van der Waals surface area contributed by atoms with Crippen molar-refractivity contribution in [2.24, 2.45) is 0 Å². The van der Waals surface area contributed by atoms with E-state index in [1.54, 1.807) is 22.7 Å². The van der Waals surface area contributed by atoms with Gasteiger partial charge in [0.15, 0.2) is 0 Å². The summed E-state index contributed by atoms with van der Waals surface area (Å²) in [6.07, 6.45) is 0. The highest BCUT2D eigenvalue weighted by molar-refractivity contribution is 7.31. The standard InChI is InChI=1S/C14H4O2S4/c15-9-7-11-5(1-3-17-11)19-13(7)10(16)8-12-6(2-4-18-12)20-14(8)9/h1-4H. The Bertz CT molecular complexity index is 955. The van der Waals surface area contributed by atoms with Gasteiger partial charge in [-0.05, 0) is 22.9 Å². The van der Waals surface area contributed by atoms with Crippen molar-refractivity contribution in [2.45, 2.75) is 0 Å². The number of thiophene rings is 4. The number of carbonyl (C=O) groups excluding carboxylic acids is 2. The Balaban J connectivity index is 1.95. The van der Waals surface area contributed by atoms with E-state index in [9.17, 15) is 9.59 Å². The number of hydrogen-bond acceptors (Lipinski definition) is 6. The zero-order valence-corrected chi connectivity index (χ0v) is 13.0. The van der Waals surface area contributed by atoms with E-state index in [0.717, 1.165) is 18.8 Å². The van der Waals surface area contributed by atoms with E-state index in [-0.39, 0.29) is 11.6 Å². The van der Waals surface area contributed by atoms with Crippen LogP contribution in [0.2, 0.25) is 0 Å². The molecule has 0 unspecified atom stereocenters. The lowest BCUT2D eigenvalue weighted by atomic mass is 9.96. The van der Waals surface area contributed by atoms with E-state index in [0.29, 0.717) is 20.9 Å². The van der Waals surface area contributed by atoms with E-state index >= 15 is 0 Å². The highest BCUT2D eigenvalue weighted by Crippen LogP contribution is 2.46. The van der Waals surface area contributed by atoms with Gasteiger partial charge >= 0.3 is 0 Å². The quantitative estimate of drug-likeness (QED) is 0.399. The molecule has 5 rings (SSSR count). The van der Waals surface area contributed by atoms with Crippen LogP contribution < -0.4 is 0 Å². The van der Waals surface area contributed by atoms with E-state index in [1.165, 1.54) is 22.7 Å². The molecule has 0 saturated heterocycles. The molecule has 0 fully saturated rings. The Hall–Kier alpha value is -1.34. The largest absolute Gasteiger partial charge is 0.288 e. The van der Waals surface area contributed by atoms with Gasteiger partial charge in [0.2, 0.25) is 11.6 Å². The Labute approximate surface area is 128 Å². The lowest BCUT2D eigenvalue weighted by molar-refractivity contribution is 0.0988. The second-order valence-corrected chi connectivity index (χ2v) is 8.44. The molecule has 0 spiro atoms. The summed E-state index contributed by atoms with van der Waals surface area (Å²) < 4.78 is 4.01. The van der Waals surface area contributed by atoms with Crippen LogP contribution in [-0.4, -0.2) is 11.6 Å². The van der Waals surface area contributed by atoms with Crippen LogP contribution in [0.1, 0.15) is 30.5 Å². The van der Waals surface area contributed by atoms with Crippen LogP contribution in [0.4, 0.5) is 0 Å². The summed E-state index contributed by atoms with van der Waals surface area (Å²) >= 11 is 5.98. The van der Waals surface area contributed by atoms with Gasteiger partial charge in [0, 0.05) is 9.40 Å². The Morgan fingerprint density at radius 3 is 1.60 bits per heavy atom. The molecule has 0 saturated carbocycles. The van der Waals surface area contributed by atoms with E-state index in [2.05, 4.69) is 0 Å². The van der Waals surface area contributed by atoms with Gasteiger partial charge in [-0.15, -0.1) is 45.3 Å². The first-order chi connectivity index (χ1) is 9.75. The van der Waals surface area contributed by atoms with Gasteiger partial charge in [-0.3, -0.25) is 9.59 Å². The van der Waals surface area contributed by atoms with Gasteiger partial charge in [0.25, 0.3) is 0 Å². The zero-order valence-electron chi connectivity index (χ0n) is 9.76. The second kappa shape index (κ2) is 3.65. The van der Waals surface area contributed by atoms with Crippen molar-refractivity contribution in [1.29, 1.82) is 0 Å². The summed E-state index contributed by atoms with van der Waals surface area (Å²) in [7, 11) is 0. The average molecular weight is 332 g/mol. The minimum atomic E-state index is 0.0247. The number of fused-ring (bicyclic) bond motifs is 6. The molecule has 0 atom stereocenters. The SMILES string of the molecule is O=C1c2sc3ccsc3c2C(=O)c2sc3ccsc3c21. The lowest BCUT2D eigenvalue weighted by Gasteiger charge is -2.09. The van der Waals surface area contributed by atoms with Crippen LogP contribution in [-0.2, 0) is 0 Å². The molecule has 20 heavy (non-hydrogen) atoms. The molecule has 96 valence electrons. The van der Waals surface area contributed by atoms with Gasteiger partial charge in [-0.2, -0.15) is 0 Å². The van der Waals surface area contributed by atoms with Crippen LogP contribution >= 0.6 is 45.3 Å². The summed E-state index contributed by atoms with van der Waals surface area (Å²) in [5.41, 5.74) is 1.26. The molecule has 0 bridgehead atoms. The highest BCUT2D eigenvalue weighted by atomic mass is 32.1. The van der Waals surface area contributed by atoms with E-state index in [4.69, 9.17) is 0 Å². The van der Waals surface area contributed by atoms with Crippen molar-refractivity contribution in [3.63, 3.8) is 0 Å². The zero-order chi connectivity index (χ0) is 13.4. The smallest absolute Gasteiger partial charge is 0.206 e. The maximum Gasteiger partial charge on any atom is 0.206 e. The van der Waals surface area contributed by atoms with Gasteiger partial charge in [0.05, 0.1) is 30.3 Å². The minimum absolute atomic E-state index is 0.0247. The first-order valence-electron chi connectivity index (χ1n) is 5.85. The van der Waals surface area contributed by atoms with Crippen LogP contribution in [0.3, 0.4) is 0 Å². The van der Waals surface area contributed by atoms with Crippen molar-refractivity contribution in [1.82, 2.24) is 0 Å². The monoisotopic (exact) mass is 332 g/mol. The predicted molar refractivity (Wildman–Crippen MR) is 86.3 cm³/mol. The third-order valence-corrected chi connectivity index (χ3v) is 7.89. The first-order valence-corrected chi connectivity index (χ1v) is 9.24. The van der Waals surface area contributed by atoms with Gasteiger partial charge in [-0.25, -0.2) is 0 Å². The molecule has 4 aromatic rings. The average Bonchev–Trinajstić information content (AvgIpc) is 3.13. The number of carbonyl (C=O) groups is 2. The molecule has 0 N–H and O–H groups in total. The molecular formula is C14H4O2S4. The Morgan fingerprint density at radius 2 is 1.15 bits per heavy atom. The number of hydrogen-bond donors (Lipinski definition) is 0. The van der Waals surface area contributed by atoms with Gasteiger partial charge in [-0.1, -0.05) is 0 Å². The molecule has 1 aliphatic rings. The number of rotatable bonds is 0. The molecule has 0 aliphatic heterocycles. The molecule has 0 amide bonds. The summed E-state index contributed by atoms with van der Waals surface area (Å²) in [5, 5.41) is 3.95. The fraction of sp³-hybridized carbons (Fsp3) is 0. The molecule has 6 heteroatoms. The summed E-state index contributed by atoms with van der Waals surface area (Å²) in [4.78, 5) is 26.8. The second-order valence-electron chi connectivity index (χ2n) is 4.50. The van der Waals surface area contributed by atoms with Crippen molar-refractivity contribution in [2.75, 3.05) is 0 Å².